The Morgan fingerprint density at radius 2 is 1.13 bits per heavy atom. The van der Waals surface area contributed by atoms with Crippen molar-refractivity contribution in [2.75, 3.05) is 0 Å². The Morgan fingerprint density at radius 3 is 1.73 bits per heavy atom. The number of hydrogen-bond donors (Lipinski definition) is 0. The van der Waals surface area contributed by atoms with Gasteiger partial charge in [-0.25, -0.2) is 0 Å². The first kappa shape index (κ1) is 64.8. The predicted octanol–water partition coefficient (Wildman–Crippen LogP) is 21.1. The van der Waals surface area contributed by atoms with Gasteiger partial charge >= 0.3 is 0 Å². The first-order valence-corrected chi connectivity index (χ1v) is 38.6. The van der Waals surface area contributed by atoms with E-state index in [1.54, 1.807) is 16.7 Å². The van der Waals surface area contributed by atoms with Crippen LogP contribution in [0.4, 0.5) is 0 Å². The monoisotopic (exact) mass is 1160 g/mol. The summed E-state index contributed by atoms with van der Waals surface area (Å²) >= 11 is 0. The highest BCUT2D eigenvalue weighted by molar-refractivity contribution is 6.21. The molecule has 1 saturated carbocycles. The van der Waals surface area contributed by atoms with Crippen molar-refractivity contribution in [1.82, 2.24) is 9.80 Å². The van der Waals surface area contributed by atoms with Gasteiger partial charge in [-0.2, -0.15) is 0 Å². The first-order valence-electron chi connectivity index (χ1n) is 38.6. The van der Waals surface area contributed by atoms with E-state index < -0.39 is 0 Å². The Balaban J connectivity index is 0.784. The zero-order valence-electron chi connectivity index (χ0n) is 56.5. The van der Waals surface area contributed by atoms with Crippen LogP contribution < -0.4 is 0 Å². The maximum atomic E-state index is 3.08. The summed E-state index contributed by atoms with van der Waals surface area (Å²) in [5.41, 5.74) is 7.01. The van der Waals surface area contributed by atoms with Gasteiger partial charge in [0.2, 0.25) is 0 Å². The van der Waals surface area contributed by atoms with E-state index in [4.69, 9.17) is 0 Å². The molecule has 0 N–H and O–H groups in total. The molecule has 0 aromatic heterocycles. The summed E-state index contributed by atoms with van der Waals surface area (Å²) < 4.78 is 0. The minimum absolute atomic E-state index is 0.565. The lowest BCUT2D eigenvalue weighted by atomic mass is 9.59. The lowest BCUT2D eigenvalue weighted by molar-refractivity contribution is 0.0848. The van der Waals surface area contributed by atoms with Gasteiger partial charge in [-0.1, -0.05) is 225 Å². The van der Waals surface area contributed by atoms with E-state index >= 15 is 0 Å². The topological polar surface area (TPSA) is 6.48 Å². The van der Waals surface area contributed by atoms with E-state index in [2.05, 4.69) is 150 Å². The summed E-state index contributed by atoms with van der Waals surface area (Å²) in [6.07, 6.45) is 95.9. The Hall–Kier alpha value is -2.71. The van der Waals surface area contributed by atoms with Crippen molar-refractivity contribution in [2.45, 2.75) is 308 Å². The van der Waals surface area contributed by atoms with Crippen LogP contribution in [0, 0.1) is 82.9 Å². The molecule has 19 unspecified atom stereocenters. The fourth-order valence-corrected chi connectivity index (χ4v) is 21.0. The molecule has 0 heterocycles. The number of nitrogens with zero attached hydrogens (tertiary/aromatic N) is 2. The van der Waals surface area contributed by atoms with Crippen molar-refractivity contribution in [3.63, 3.8) is 0 Å². The van der Waals surface area contributed by atoms with Crippen LogP contribution in [0.2, 0.25) is 5.82 Å². The summed E-state index contributed by atoms with van der Waals surface area (Å²) in [5, 5.41) is 0. The van der Waals surface area contributed by atoms with Gasteiger partial charge in [-0.15, -0.1) is 5.47 Å². The summed E-state index contributed by atoms with van der Waals surface area (Å²) in [6, 6.07) is 3.13. The average Bonchev–Trinajstić information content (AvgIpc) is 2.46. The molecule has 0 bridgehead atoms. The Bertz CT molecular complexity index is 2420. The second-order valence-electron chi connectivity index (χ2n) is 31.7. The van der Waals surface area contributed by atoms with Crippen LogP contribution in [0.5, 0.6) is 0 Å². The molecule has 0 saturated heterocycles. The molecule has 4 heteroatoms. The van der Waals surface area contributed by atoms with Crippen LogP contribution in [0.1, 0.15) is 272 Å². The standard InChI is InChI=1S/C82H128B2N2/c1-5-9-11-15-25-67-57-82(70-36-54-80(60(8-4)56-70)66-33-47-76(48-34-66)86(78-51-39-72(84)40-52-78)74-43-29-64(30-44-74)62-23-19-14-20-24-62)68(26-16-12-10-6-2)58-81(67)69-35-53-79(59(7-3)55-69)65-31-45-75(46-32-65)85(77-49-37-71(83)38-50-77)73-41-27-63(28-42-73)61-21-17-13-18-22-61/h13,17,27,29,31,33,35-36,39,43,45,47,49,53-54,58-62,64-67,69-71,73-76,78-82H,5-12,14-16,18-26,28,30,32,34,37-38,40-42,44,46,48,50-52,55-57,83-84H2,1-4H3. The summed E-state index contributed by atoms with van der Waals surface area (Å²) in [5.74, 6) is 11.5. The van der Waals surface area contributed by atoms with E-state index in [1.807, 2.05) is 5.57 Å². The normalized spacial score (nSPS) is 38.8. The van der Waals surface area contributed by atoms with Gasteiger partial charge in [0.25, 0.3) is 0 Å². The van der Waals surface area contributed by atoms with E-state index in [-0.39, 0.29) is 0 Å². The van der Waals surface area contributed by atoms with Gasteiger partial charge in [0.15, 0.2) is 0 Å². The highest BCUT2D eigenvalue weighted by atomic mass is 15.2. The second kappa shape index (κ2) is 32.5. The summed E-state index contributed by atoms with van der Waals surface area (Å²) in [7, 11) is 4.85. The van der Waals surface area contributed by atoms with E-state index in [9.17, 15) is 0 Å². The molecular formula is C82H128B2N2. The molecule has 86 heavy (non-hydrogen) atoms. The van der Waals surface area contributed by atoms with Gasteiger partial charge in [0.05, 0.1) is 0 Å². The van der Waals surface area contributed by atoms with Crippen LogP contribution in [-0.4, -0.2) is 55.7 Å². The molecule has 0 radical (unpaired) electrons. The van der Waals surface area contributed by atoms with Crippen LogP contribution in [0.15, 0.2) is 120 Å². The number of rotatable bonds is 24. The fourth-order valence-electron chi connectivity index (χ4n) is 21.0. The molecule has 11 aliphatic rings. The molecule has 1 fully saturated rings. The largest absolute Gasteiger partial charge is 0.365 e. The van der Waals surface area contributed by atoms with Crippen LogP contribution in [-0.2, 0) is 0 Å². The lowest BCUT2D eigenvalue weighted by Crippen LogP contribution is -2.50. The minimum Gasteiger partial charge on any atom is -0.365 e. The third-order valence-electron chi connectivity index (χ3n) is 26.3. The van der Waals surface area contributed by atoms with Gasteiger partial charge in [0.1, 0.15) is 15.7 Å². The van der Waals surface area contributed by atoms with Crippen LogP contribution in [0.25, 0.3) is 0 Å². The maximum Gasteiger partial charge on any atom is 0.133 e. The molecule has 0 aromatic carbocycles. The minimum atomic E-state index is 0.565. The van der Waals surface area contributed by atoms with E-state index in [0.29, 0.717) is 71.6 Å². The van der Waals surface area contributed by atoms with Crippen molar-refractivity contribution in [3.05, 3.63) is 120 Å². The zero-order chi connectivity index (χ0) is 59.2. The highest BCUT2D eigenvalue weighted by Crippen LogP contribution is 2.53. The number of allylic oxidation sites excluding steroid dienone is 15. The van der Waals surface area contributed by atoms with Gasteiger partial charge in [-0.3, -0.25) is 4.90 Å². The van der Waals surface area contributed by atoms with E-state index in [1.165, 1.54) is 244 Å². The predicted molar refractivity (Wildman–Crippen MR) is 378 cm³/mol. The third-order valence-corrected chi connectivity index (χ3v) is 26.3. The maximum absolute atomic E-state index is 3.08. The van der Waals surface area contributed by atoms with Gasteiger partial charge in [0, 0.05) is 35.9 Å². The van der Waals surface area contributed by atoms with E-state index in [0.717, 1.165) is 47.2 Å². The van der Waals surface area contributed by atoms with Crippen molar-refractivity contribution in [3.8, 4) is 0 Å². The quantitative estimate of drug-likeness (QED) is 0.0540. The zero-order valence-corrected chi connectivity index (χ0v) is 56.5. The van der Waals surface area contributed by atoms with Crippen LogP contribution >= 0.6 is 0 Å². The van der Waals surface area contributed by atoms with Crippen molar-refractivity contribution in [1.29, 1.82) is 0 Å². The highest BCUT2D eigenvalue weighted by Gasteiger charge is 2.44. The Morgan fingerprint density at radius 1 is 0.477 bits per heavy atom. The van der Waals surface area contributed by atoms with Gasteiger partial charge < -0.3 is 4.90 Å². The number of hydrogen-bond acceptors (Lipinski definition) is 2. The lowest BCUT2D eigenvalue weighted by Gasteiger charge is -2.48. The fraction of sp³-hybridized carbons (Fsp3) is 0.756. The first-order chi connectivity index (χ1) is 42.3. The van der Waals surface area contributed by atoms with Crippen molar-refractivity contribution in [2.24, 2.45) is 82.9 Å². The molecule has 0 aliphatic heterocycles. The molecule has 19 atom stereocenters. The third kappa shape index (κ3) is 16.3. The molecule has 11 rings (SSSR count). The molecule has 472 valence electrons. The number of unbranched alkanes of at least 4 members (excludes halogenated alkanes) is 6. The van der Waals surface area contributed by atoms with Gasteiger partial charge in [-0.05, 0) is 243 Å². The SMILES string of the molecule is BC1=CCC(N(C2C=CC(C3CCCCC3)CC2)C2C=CC(C3C=CC(C4CC(CCCCCC)C(C5C=CC(C6C=CC(N(C7=CCC(B)CC7)C7CC=C(C8CC=CCC8)CC7)CC6)C(CC)C5)C=C4CCCCCC)CC3CC)CC2)CC1. The summed E-state index contributed by atoms with van der Waals surface area (Å²) in [4.78, 5) is 6.09. The molecular weight excluding hydrogens is 1030 g/mol. The second-order valence-corrected chi connectivity index (χ2v) is 31.7. The Kier molecular flexibility index (Phi) is 24.5. The smallest absolute Gasteiger partial charge is 0.133 e. The molecule has 0 amide bonds. The molecule has 11 aliphatic carbocycles. The summed E-state index contributed by atoms with van der Waals surface area (Å²) in [6.45, 7) is 9.94. The van der Waals surface area contributed by atoms with Crippen molar-refractivity contribution < 1.29 is 0 Å². The van der Waals surface area contributed by atoms with Crippen molar-refractivity contribution >= 4 is 15.7 Å². The Labute approximate surface area is 532 Å². The molecule has 2 nitrogen and oxygen atoms in total. The molecule has 0 spiro atoms. The average molecular weight is 1160 g/mol. The molecule has 0 aromatic rings. The van der Waals surface area contributed by atoms with Crippen LogP contribution in [0.3, 0.4) is 0 Å².